The molecule has 86 valence electrons. The highest BCUT2D eigenvalue weighted by Crippen LogP contribution is 2.13. The van der Waals surface area contributed by atoms with Crippen LogP contribution in [0.5, 0.6) is 0 Å². The number of rotatable bonds is 2. The molecule has 0 unspecified atom stereocenters. The summed E-state index contributed by atoms with van der Waals surface area (Å²) in [6, 6.07) is 0.346. The lowest BCUT2D eigenvalue weighted by atomic mass is 10.2. The number of carbonyl (C=O) groups is 1. The Bertz CT molecular complexity index is 379. The summed E-state index contributed by atoms with van der Waals surface area (Å²) in [4.78, 5) is 20.7. The number of carboxylic acid groups (broad SMARTS) is 1. The van der Waals surface area contributed by atoms with Crippen molar-refractivity contribution < 1.29 is 9.90 Å². The molecule has 2 heterocycles. The molecule has 6 nitrogen and oxygen atoms in total. The predicted octanol–water partition coefficient (Wildman–Crippen LogP) is -0.0271. The molecule has 2 rings (SSSR count). The summed E-state index contributed by atoms with van der Waals surface area (Å²) in [5.74, 6) is -0.314. The second-order valence-corrected chi connectivity index (χ2v) is 3.81. The van der Waals surface area contributed by atoms with E-state index in [9.17, 15) is 4.79 Å². The first-order chi connectivity index (χ1) is 7.68. The Morgan fingerprint density at radius 2 is 2.38 bits per heavy atom. The highest BCUT2D eigenvalue weighted by Gasteiger charge is 2.19. The summed E-state index contributed by atoms with van der Waals surface area (Å²) in [7, 11) is 0. The molecule has 0 amide bonds. The lowest BCUT2D eigenvalue weighted by molar-refractivity contribution is 0.0690. The van der Waals surface area contributed by atoms with E-state index < -0.39 is 5.97 Å². The van der Waals surface area contributed by atoms with E-state index in [0.717, 1.165) is 25.5 Å². The van der Waals surface area contributed by atoms with E-state index in [2.05, 4.69) is 27.1 Å². The van der Waals surface area contributed by atoms with Crippen LogP contribution in [0.25, 0.3) is 0 Å². The van der Waals surface area contributed by atoms with Gasteiger partial charge in [0.2, 0.25) is 0 Å². The van der Waals surface area contributed by atoms with Crippen LogP contribution in [-0.2, 0) is 0 Å². The lowest BCUT2D eigenvalue weighted by Gasteiger charge is -2.34. The Balaban J connectivity index is 2.17. The molecule has 0 radical (unpaired) electrons. The van der Waals surface area contributed by atoms with Crippen LogP contribution in [0.3, 0.4) is 0 Å². The van der Waals surface area contributed by atoms with E-state index in [1.54, 1.807) is 0 Å². The minimum atomic E-state index is -1.05. The van der Waals surface area contributed by atoms with Crippen LogP contribution in [-0.4, -0.2) is 46.7 Å². The minimum absolute atomic E-state index is 0.0217. The fraction of sp³-hybridized carbons (Fsp3) is 0.500. The van der Waals surface area contributed by atoms with Crippen LogP contribution in [0.1, 0.15) is 17.4 Å². The van der Waals surface area contributed by atoms with Gasteiger partial charge in [0.15, 0.2) is 5.69 Å². The third-order valence-electron chi connectivity index (χ3n) is 2.65. The Kier molecular flexibility index (Phi) is 3.00. The van der Waals surface area contributed by atoms with Gasteiger partial charge in [0.25, 0.3) is 0 Å². The Morgan fingerprint density at radius 1 is 1.56 bits per heavy atom. The van der Waals surface area contributed by atoms with Gasteiger partial charge in [-0.25, -0.2) is 14.8 Å². The zero-order valence-corrected chi connectivity index (χ0v) is 9.05. The minimum Gasteiger partial charge on any atom is -0.476 e. The van der Waals surface area contributed by atoms with E-state index in [-0.39, 0.29) is 5.69 Å². The monoisotopic (exact) mass is 222 g/mol. The zero-order valence-electron chi connectivity index (χ0n) is 9.05. The first kappa shape index (κ1) is 10.8. The molecule has 0 aliphatic carbocycles. The molecule has 2 N–H and O–H groups in total. The van der Waals surface area contributed by atoms with Crippen LogP contribution in [0, 0.1) is 0 Å². The van der Waals surface area contributed by atoms with Crippen molar-refractivity contribution in [1.29, 1.82) is 0 Å². The average Bonchev–Trinajstić information content (AvgIpc) is 2.30. The molecule has 1 aromatic heterocycles. The van der Waals surface area contributed by atoms with E-state index in [4.69, 9.17) is 5.11 Å². The molecule has 16 heavy (non-hydrogen) atoms. The third-order valence-corrected chi connectivity index (χ3v) is 2.65. The van der Waals surface area contributed by atoms with E-state index >= 15 is 0 Å². The lowest BCUT2D eigenvalue weighted by Crippen LogP contribution is -2.50. The van der Waals surface area contributed by atoms with Crippen LogP contribution in [0.15, 0.2) is 12.4 Å². The molecule has 1 saturated heterocycles. The number of nitrogens with one attached hydrogen (secondary N) is 1. The zero-order chi connectivity index (χ0) is 11.5. The van der Waals surface area contributed by atoms with Crippen molar-refractivity contribution in [2.24, 2.45) is 0 Å². The number of aromatic nitrogens is 2. The summed E-state index contributed by atoms with van der Waals surface area (Å²) in [5, 5.41) is 12.0. The number of hydrogen-bond acceptors (Lipinski definition) is 5. The molecule has 0 aromatic carbocycles. The van der Waals surface area contributed by atoms with Gasteiger partial charge in [-0.1, -0.05) is 0 Å². The summed E-state index contributed by atoms with van der Waals surface area (Å²) in [5.41, 5.74) is -0.0217. The summed E-state index contributed by atoms with van der Waals surface area (Å²) in [6.45, 7) is 4.77. The molecular weight excluding hydrogens is 208 g/mol. The molecule has 1 atom stereocenters. The summed E-state index contributed by atoms with van der Waals surface area (Å²) in [6.07, 6.45) is 2.82. The first-order valence-corrected chi connectivity index (χ1v) is 5.21. The third kappa shape index (κ3) is 2.11. The topological polar surface area (TPSA) is 78.4 Å². The van der Waals surface area contributed by atoms with Gasteiger partial charge in [-0.2, -0.15) is 0 Å². The molecule has 0 spiro atoms. The van der Waals surface area contributed by atoms with Crippen molar-refractivity contribution in [3.8, 4) is 0 Å². The molecular formula is C10H14N4O2. The SMILES string of the molecule is C[C@@H]1CNCCN1c1cnc(C(=O)O)cn1. The molecule has 0 saturated carbocycles. The van der Waals surface area contributed by atoms with Crippen LogP contribution in [0.2, 0.25) is 0 Å². The summed E-state index contributed by atoms with van der Waals surface area (Å²) < 4.78 is 0. The van der Waals surface area contributed by atoms with Gasteiger partial charge in [-0.3, -0.25) is 0 Å². The highest BCUT2D eigenvalue weighted by atomic mass is 16.4. The van der Waals surface area contributed by atoms with Crippen LogP contribution in [0.4, 0.5) is 5.82 Å². The predicted molar refractivity (Wildman–Crippen MR) is 58.7 cm³/mol. The standard InChI is InChI=1S/C10H14N4O2/c1-7-4-11-2-3-14(7)9-6-12-8(5-13-9)10(15)16/h5-7,11H,2-4H2,1H3,(H,15,16)/t7-/m1/s1. The van der Waals surface area contributed by atoms with Gasteiger partial charge in [0, 0.05) is 25.7 Å². The maximum absolute atomic E-state index is 10.6. The van der Waals surface area contributed by atoms with Crippen molar-refractivity contribution >= 4 is 11.8 Å². The number of aromatic carboxylic acids is 1. The number of piperazine rings is 1. The van der Waals surface area contributed by atoms with Crippen molar-refractivity contribution in [3.05, 3.63) is 18.1 Å². The Morgan fingerprint density at radius 3 is 2.94 bits per heavy atom. The summed E-state index contributed by atoms with van der Waals surface area (Å²) >= 11 is 0. The van der Waals surface area contributed by atoms with Crippen molar-refractivity contribution in [2.45, 2.75) is 13.0 Å². The van der Waals surface area contributed by atoms with Crippen molar-refractivity contribution in [3.63, 3.8) is 0 Å². The normalized spacial score (nSPS) is 20.8. The van der Waals surface area contributed by atoms with E-state index in [1.807, 2.05) is 0 Å². The van der Waals surface area contributed by atoms with Gasteiger partial charge >= 0.3 is 5.97 Å². The van der Waals surface area contributed by atoms with E-state index in [1.165, 1.54) is 12.4 Å². The molecule has 6 heteroatoms. The number of carboxylic acids is 1. The van der Waals surface area contributed by atoms with Gasteiger partial charge in [-0.05, 0) is 6.92 Å². The number of hydrogen-bond donors (Lipinski definition) is 2. The second-order valence-electron chi connectivity index (χ2n) is 3.81. The quantitative estimate of drug-likeness (QED) is 0.731. The fourth-order valence-corrected chi connectivity index (χ4v) is 1.76. The smallest absolute Gasteiger partial charge is 0.356 e. The highest BCUT2D eigenvalue weighted by molar-refractivity contribution is 5.84. The van der Waals surface area contributed by atoms with Crippen LogP contribution < -0.4 is 10.2 Å². The van der Waals surface area contributed by atoms with E-state index in [0.29, 0.717) is 6.04 Å². The first-order valence-electron chi connectivity index (χ1n) is 5.21. The van der Waals surface area contributed by atoms with Gasteiger partial charge in [-0.15, -0.1) is 0 Å². The molecule has 1 aliphatic rings. The molecule has 1 aromatic rings. The molecule has 1 aliphatic heterocycles. The molecule has 0 bridgehead atoms. The largest absolute Gasteiger partial charge is 0.476 e. The average molecular weight is 222 g/mol. The second kappa shape index (κ2) is 4.44. The number of anilines is 1. The van der Waals surface area contributed by atoms with Gasteiger partial charge in [0.1, 0.15) is 5.82 Å². The maximum atomic E-state index is 10.6. The van der Waals surface area contributed by atoms with Gasteiger partial charge < -0.3 is 15.3 Å². The molecule has 1 fully saturated rings. The maximum Gasteiger partial charge on any atom is 0.356 e. The van der Waals surface area contributed by atoms with Crippen molar-refractivity contribution in [1.82, 2.24) is 15.3 Å². The van der Waals surface area contributed by atoms with Crippen molar-refractivity contribution in [2.75, 3.05) is 24.5 Å². The fourth-order valence-electron chi connectivity index (χ4n) is 1.76. The van der Waals surface area contributed by atoms with Crippen LogP contribution >= 0.6 is 0 Å². The Labute approximate surface area is 93.3 Å². The number of nitrogens with zero attached hydrogens (tertiary/aromatic N) is 3. The Hall–Kier alpha value is -1.69. The van der Waals surface area contributed by atoms with Gasteiger partial charge in [0.05, 0.1) is 12.4 Å².